The molecule has 1 fully saturated rings. The summed E-state index contributed by atoms with van der Waals surface area (Å²) in [6.45, 7) is 0. The fraction of sp³-hybridized carbons (Fsp3) is 0.161. The highest BCUT2D eigenvalue weighted by Crippen LogP contribution is 2.92. The molecule has 3 aliphatic rings. The summed E-state index contributed by atoms with van der Waals surface area (Å²) in [6.07, 6.45) is 0. The van der Waals surface area contributed by atoms with E-state index >= 15 is 0 Å². The van der Waals surface area contributed by atoms with Crippen LogP contribution in [0.15, 0.2) is 109 Å². The van der Waals surface area contributed by atoms with Gasteiger partial charge in [0.25, 0.3) is 0 Å². The van der Waals surface area contributed by atoms with Gasteiger partial charge in [0, 0.05) is 24.2 Å². The molecule has 0 spiro atoms. The summed E-state index contributed by atoms with van der Waals surface area (Å²) in [5.41, 5.74) is 1.99. The molecule has 1 saturated carbocycles. The van der Waals surface area contributed by atoms with E-state index in [0.29, 0.717) is 11.1 Å². The van der Waals surface area contributed by atoms with Crippen molar-refractivity contribution in [1.29, 1.82) is 0 Å². The minimum atomic E-state index is -1.07. The largest absolute Gasteiger partial charge is 0.368 e. The van der Waals surface area contributed by atoms with Gasteiger partial charge >= 0.3 is 0 Å². The third-order valence-electron chi connectivity index (χ3n) is 8.44. The zero-order valence-electron chi connectivity index (χ0n) is 18.7. The Balaban J connectivity index is 1.62. The summed E-state index contributed by atoms with van der Waals surface area (Å²) in [5.74, 6) is -0.327. The van der Waals surface area contributed by atoms with Crippen LogP contribution in [0.3, 0.4) is 0 Å². The Hall–Kier alpha value is -3.82. The van der Waals surface area contributed by atoms with Gasteiger partial charge in [0.2, 0.25) is 0 Å². The molecule has 0 aromatic heterocycles. The van der Waals surface area contributed by atoms with Gasteiger partial charge in [-0.3, -0.25) is 9.59 Å². The van der Waals surface area contributed by atoms with E-state index in [4.69, 9.17) is 4.74 Å². The normalized spacial score (nSPS) is 29.1. The first kappa shape index (κ1) is 19.6. The van der Waals surface area contributed by atoms with Crippen LogP contribution in [0, 0.1) is 5.41 Å². The second-order valence-corrected chi connectivity index (χ2v) is 9.46. The number of ether oxygens (including phenoxy) is 1. The van der Waals surface area contributed by atoms with Gasteiger partial charge in [-0.25, -0.2) is 0 Å². The zero-order valence-corrected chi connectivity index (χ0v) is 18.7. The van der Waals surface area contributed by atoms with E-state index in [2.05, 4.69) is 12.1 Å². The number of carbonyl (C=O) groups is 2. The minimum absolute atomic E-state index is 0.0109. The molecule has 7 rings (SSSR count). The summed E-state index contributed by atoms with van der Waals surface area (Å²) < 4.78 is 6.48. The SMILES string of the molecule is CO[C@@]12c3ccccc3[C@H]3[C@]1(C(=O)c1ccccc1)[C@@]3(C(=O)c1ccccc1)c1ccccc12. The van der Waals surface area contributed by atoms with Gasteiger partial charge in [0.05, 0.1) is 10.8 Å². The van der Waals surface area contributed by atoms with Crippen LogP contribution < -0.4 is 0 Å². The van der Waals surface area contributed by atoms with E-state index in [1.54, 1.807) is 7.11 Å². The summed E-state index contributed by atoms with van der Waals surface area (Å²) in [6, 6.07) is 34.9. The van der Waals surface area contributed by atoms with Crippen molar-refractivity contribution in [3.05, 3.63) is 143 Å². The monoisotopic (exact) mass is 442 g/mol. The number of Topliss-reactive ketones (excluding diaryl/α,β-unsaturated/α-hetero) is 2. The third kappa shape index (κ3) is 1.81. The standard InChI is InChI=1S/C31H22O3/c1-34-31-23-17-9-8-16-22(23)26-29(24-18-10-11-19-25(24)31,27(32)20-12-4-2-5-13-20)30(26,31)28(33)21-14-6-3-7-15-21/h2-19,26H,1H3/t26-,29+,30+,31-/m1/s1. The Bertz CT molecular complexity index is 1490. The molecular weight excluding hydrogens is 420 g/mol. The summed E-state index contributed by atoms with van der Waals surface area (Å²) in [4.78, 5) is 29.2. The smallest absolute Gasteiger partial charge is 0.175 e. The number of ketones is 2. The Labute approximate surface area is 198 Å². The van der Waals surface area contributed by atoms with Gasteiger partial charge in [-0.2, -0.15) is 0 Å². The number of fused-ring (bicyclic) bond motifs is 7. The average Bonchev–Trinajstić information content (AvgIpc) is 3.40. The van der Waals surface area contributed by atoms with Crippen LogP contribution in [-0.2, 0) is 15.8 Å². The zero-order chi connectivity index (χ0) is 23.1. The molecule has 0 heterocycles. The van der Waals surface area contributed by atoms with Crippen LogP contribution in [0.25, 0.3) is 0 Å². The summed E-state index contributed by atoms with van der Waals surface area (Å²) in [5, 5.41) is 0. The maximum Gasteiger partial charge on any atom is 0.175 e. The average molecular weight is 443 g/mol. The van der Waals surface area contributed by atoms with Crippen molar-refractivity contribution >= 4 is 11.6 Å². The van der Waals surface area contributed by atoms with Crippen LogP contribution in [0.5, 0.6) is 0 Å². The van der Waals surface area contributed by atoms with Gasteiger partial charge in [-0.15, -0.1) is 0 Å². The van der Waals surface area contributed by atoms with Gasteiger partial charge in [-0.1, -0.05) is 109 Å². The first-order valence-electron chi connectivity index (χ1n) is 11.6. The van der Waals surface area contributed by atoms with E-state index in [0.717, 1.165) is 22.3 Å². The molecule has 4 atom stereocenters. The molecule has 4 aromatic rings. The second kappa shape index (κ2) is 6.40. The molecule has 0 unspecified atom stereocenters. The Morgan fingerprint density at radius 2 is 1.12 bits per heavy atom. The summed E-state index contributed by atoms with van der Waals surface area (Å²) >= 11 is 0. The highest BCUT2D eigenvalue weighted by molar-refractivity contribution is 6.22. The predicted octanol–water partition coefficient (Wildman–Crippen LogP) is 5.69. The van der Waals surface area contributed by atoms with Gasteiger partial charge < -0.3 is 4.74 Å². The van der Waals surface area contributed by atoms with Crippen molar-refractivity contribution in [1.82, 2.24) is 0 Å². The number of methoxy groups -OCH3 is 1. The molecule has 3 nitrogen and oxygen atoms in total. The molecule has 0 N–H and O–H groups in total. The van der Waals surface area contributed by atoms with Crippen LogP contribution >= 0.6 is 0 Å². The molecule has 3 aliphatic carbocycles. The fourth-order valence-corrected chi connectivity index (χ4v) is 7.48. The van der Waals surface area contributed by atoms with Crippen LogP contribution in [0.1, 0.15) is 48.9 Å². The molecule has 0 radical (unpaired) electrons. The first-order valence-corrected chi connectivity index (χ1v) is 11.6. The number of rotatable bonds is 5. The quantitative estimate of drug-likeness (QED) is 0.373. The number of carbonyl (C=O) groups excluding carboxylic acids is 2. The predicted molar refractivity (Wildman–Crippen MR) is 129 cm³/mol. The van der Waals surface area contributed by atoms with Crippen molar-refractivity contribution in [2.75, 3.05) is 7.11 Å². The van der Waals surface area contributed by atoms with Crippen molar-refractivity contribution < 1.29 is 14.3 Å². The van der Waals surface area contributed by atoms with Crippen molar-refractivity contribution in [2.24, 2.45) is 5.41 Å². The van der Waals surface area contributed by atoms with E-state index < -0.39 is 16.4 Å². The molecule has 0 saturated heterocycles. The maximum atomic E-state index is 14.7. The molecule has 0 aliphatic heterocycles. The molecule has 0 amide bonds. The van der Waals surface area contributed by atoms with Crippen molar-refractivity contribution in [3.8, 4) is 0 Å². The molecular formula is C31H22O3. The molecule has 164 valence electrons. The lowest BCUT2D eigenvalue weighted by atomic mass is 9.72. The Morgan fingerprint density at radius 1 is 0.618 bits per heavy atom. The van der Waals surface area contributed by atoms with Crippen LogP contribution in [-0.4, -0.2) is 18.7 Å². The number of benzene rings is 4. The van der Waals surface area contributed by atoms with Gasteiger partial charge in [0.15, 0.2) is 11.6 Å². The van der Waals surface area contributed by atoms with Crippen LogP contribution in [0.2, 0.25) is 0 Å². The lowest BCUT2D eigenvalue weighted by Crippen LogP contribution is -2.44. The maximum absolute atomic E-state index is 14.7. The number of hydrogen-bond donors (Lipinski definition) is 0. The van der Waals surface area contributed by atoms with E-state index in [1.807, 2.05) is 97.1 Å². The van der Waals surface area contributed by atoms with E-state index in [9.17, 15) is 9.59 Å². The molecule has 4 aromatic carbocycles. The van der Waals surface area contributed by atoms with Crippen LogP contribution in [0.4, 0.5) is 0 Å². The summed E-state index contributed by atoms with van der Waals surface area (Å²) in [7, 11) is 1.68. The van der Waals surface area contributed by atoms with E-state index in [1.165, 1.54) is 0 Å². The minimum Gasteiger partial charge on any atom is -0.368 e. The van der Waals surface area contributed by atoms with Gasteiger partial charge in [-0.05, 0) is 22.3 Å². The lowest BCUT2D eigenvalue weighted by Gasteiger charge is -2.36. The van der Waals surface area contributed by atoms with E-state index in [-0.39, 0.29) is 17.5 Å². The first-order chi connectivity index (χ1) is 16.7. The number of hydrogen-bond acceptors (Lipinski definition) is 3. The highest BCUT2D eigenvalue weighted by atomic mass is 16.5. The highest BCUT2D eigenvalue weighted by Gasteiger charge is 2.98. The molecule has 34 heavy (non-hydrogen) atoms. The van der Waals surface area contributed by atoms with Gasteiger partial charge in [0.1, 0.15) is 5.60 Å². The van der Waals surface area contributed by atoms with Crippen molar-refractivity contribution in [2.45, 2.75) is 16.9 Å². The molecule has 3 heteroatoms. The Kier molecular flexibility index (Phi) is 3.69. The third-order valence-corrected chi connectivity index (χ3v) is 8.44. The second-order valence-electron chi connectivity index (χ2n) is 9.46. The molecule has 0 bridgehead atoms. The fourth-order valence-electron chi connectivity index (χ4n) is 7.48. The lowest BCUT2D eigenvalue weighted by molar-refractivity contribution is -0.0252. The van der Waals surface area contributed by atoms with Crippen molar-refractivity contribution in [3.63, 3.8) is 0 Å². The Morgan fingerprint density at radius 3 is 1.74 bits per heavy atom. The topological polar surface area (TPSA) is 43.4 Å².